The van der Waals surface area contributed by atoms with Crippen LogP contribution in [0.4, 0.5) is 0 Å². The van der Waals surface area contributed by atoms with Crippen LogP contribution in [0, 0.1) is 28.6 Å². The topological polar surface area (TPSA) is 30.0 Å². The Kier molecular flexibility index (Phi) is 3.34. The van der Waals surface area contributed by atoms with Gasteiger partial charge < -0.3 is 0 Å². The monoisotopic (exact) mass is 348 g/mol. The van der Waals surface area contributed by atoms with Crippen LogP contribution in [-0.2, 0) is 4.79 Å². The van der Waals surface area contributed by atoms with E-state index >= 15 is 0 Å². The predicted molar refractivity (Wildman–Crippen MR) is 104 cm³/mol. The smallest absolute Gasteiger partial charge is 0.136 e. The van der Waals surface area contributed by atoms with Gasteiger partial charge in [-0.1, -0.05) is 37.6 Å². The van der Waals surface area contributed by atoms with E-state index in [2.05, 4.69) is 37.0 Å². The maximum absolute atomic E-state index is 12.0. The third-order valence-corrected chi connectivity index (χ3v) is 8.44. The SMILES string of the molecule is [2H]c1ccc(C2=CCC3C4CC=C5CC(=O)CC[C@]5(C)C4CC[C@]23C)cn1. The molecular weight excluding hydrogens is 318 g/mol. The van der Waals surface area contributed by atoms with Crippen LogP contribution in [0.25, 0.3) is 5.57 Å². The Hall–Kier alpha value is -1.70. The first-order valence-corrected chi connectivity index (χ1v) is 10.3. The van der Waals surface area contributed by atoms with Crippen LogP contribution < -0.4 is 0 Å². The molecule has 0 bridgehead atoms. The third-order valence-electron chi connectivity index (χ3n) is 8.44. The summed E-state index contributed by atoms with van der Waals surface area (Å²) >= 11 is 0. The molecule has 3 unspecified atom stereocenters. The quantitative estimate of drug-likeness (QED) is 0.618. The highest BCUT2D eigenvalue weighted by Gasteiger charge is 2.56. The van der Waals surface area contributed by atoms with Crippen molar-refractivity contribution in [1.82, 2.24) is 4.98 Å². The third kappa shape index (κ3) is 2.17. The molecule has 1 heterocycles. The summed E-state index contributed by atoms with van der Waals surface area (Å²) in [6.45, 7) is 4.91. The van der Waals surface area contributed by atoms with Crippen molar-refractivity contribution in [3.63, 3.8) is 0 Å². The number of carbonyl (C=O) groups excluding carboxylic acids is 1. The maximum atomic E-state index is 12.0. The fourth-order valence-corrected chi connectivity index (χ4v) is 6.97. The van der Waals surface area contributed by atoms with Crippen molar-refractivity contribution in [3.8, 4) is 0 Å². The van der Waals surface area contributed by atoms with E-state index in [9.17, 15) is 4.79 Å². The van der Waals surface area contributed by atoms with Gasteiger partial charge >= 0.3 is 0 Å². The number of hydrogen-bond donors (Lipinski definition) is 0. The van der Waals surface area contributed by atoms with Crippen molar-refractivity contribution in [2.45, 2.75) is 58.8 Å². The van der Waals surface area contributed by atoms with Gasteiger partial charge in [-0.3, -0.25) is 9.78 Å². The summed E-state index contributed by atoms with van der Waals surface area (Å²) in [4.78, 5) is 16.2. The highest BCUT2D eigenvalue weighted by atomic mass is 16.1. The van der Waals surface area contributed by atoms with Crippen LogP contribution in [0.2, 0.25) is 0 Å². The van der Waals surface area contributed by atoms with Crippen LogP contribution in [0.5, 0.6) is 0 Å². The minimum Gasteiger partial charge on any atom is -0.299 e. The van der Waals surface area contributed by atoms with Crippen molar-refractivity contribution in [1.29, 1.82) is 0 Å². The van der Waals surface area contributed by atoms with Gasteiger partial charge in [0, 0.05) is 25.2 Å². The molecule has 0 saturated heterocycles. The zero-order chi connectivity index (χ0) is 18.8. The second kappa shape index (κ2) is 5.65. The minimum absolute atomic E-state index is 0.221. The van der Waals surface area contributed by atoms with Gasteiger partial charge in [0.15, 0.2) is 0 Å². The molecule has 5 atom stereocenters. The zero-order valence-corrected chi connectivity index (χ0v) is 15.9. The van der Waals surface area contributed by atoms with Gasteiger partial charge in [-0.05, 0) is 77.9 Å². The van der Waals surface area contributed by atoms with Gasteiger partial charge in [-0.15, -0.1) is 0 Å². The van der Waals surface area contributed by atoms with Crippen LogP contribution >= 0.6 is 0 Å². The molecule has 2 fully saturated rings. The average molecular weight is 349 g/mol. The largest absolute Gasteiger partial charge is 0.299 e. The minimum atomic E-state index is 0.221. The first-order valence-electron chi connectivity index (χ1n) is 10.8. The highest BCUT2D eigenvalue weighted by molar-refractivity contribution is 5.82. The predicted octanol–water partition coefficient (Wildman–Crippen LogP) is 5.61. The van der Waals surface area contributed by atoms with E-state index in [-0.39, 0.29) is 10.8 Å². The van der Waals surface area contributed by atoms with Crippen molar-refractivity contribution >= 4 is 11.4 Å². The lowest BCUT2D eigenvalue weighted by atomic mass is 9.47. The average Bonchev–Trinajstić information content (AvgIpc) is 3.00. The summed E-state index contributed by atoms with van der Waals surface area (Å²) in [7, 11) is 0. The Morgan fingerprint density at radius 3 is 2.85 bits per heavy atom. The van der Waals surface area contributed by atoms with Gasteiger partial charge in [0.05, 0.1) is 1.37 Å². The molecule has 4 aliphatic rings. The Bertz CT molecular complexity index is 854. The summed E-state index contributed by atoms with van der Waals surface area (Å²) in [6, 6.07) is 3.89. The van der Waals surface area contributed by atoms with Crippen molar-refractivity contribution in [2.24, 2.45) is 28.6 Å². The highest BCUT2D eigenvalue weighted by Crippen LogP contribution is 2.66. The molecule has 4 aliphatic carbocycles. The number of allylic oxidation sites excluding steroid dienone is 4. The van der Waals surface area contributed by atoms with E-state index in [1.165, 1.54) is 29.6 Å². The number of fused-ring (bicyclic) bond motifs is 5. The number of carbonyl (C=O) groups is 1. The van der Waals surface area contributed by atoms with E-state index < -0.39 is 0 Å². The van der Waals surface area contributed by atoms with E-state index in [0.717, 1.165) is 37.5 Å². The number of hydrogen-bond acceptors (Lipinski definition) is 2. The second-order valence-corrected chi connectivity index (χ2v) is 9.46. The summed E-state index contributed by atoms with van der Waals surface area (Å²) in [5.74, 6) is 2.58. The molecule has 1 aromatic rings. The van der Waals surface area contributed by atoms with Gasteiger partial charge in [-0.25, -0.2) is 0 Å². The first-order chi connectivity index (χ1) is 12.9. The molecule has 0 N–H and O–H groups in total. The first kappa shape index (κ1) is 15.4. The molecule has 2 saturated carbocycles. The van der Waals surface area contributed by atoms with Gasteiger partial charge in [0.2, 0.25) is 0 Å². The van der Waals surface area contributed by atoms with E-state index in [1.54, 1.807) is 0 Å². The Labute approximate surface area is 158 Å². The number of nitrogens with zero attached hydrogens (tertiary/aromatic N) is 1. The van der Waals surface area contributed by atoms with E-state index in [1.807, 2.05) is 12.3 Å². The number of pyridine rings is 1. The molecule has 0 radical (unpaired) electrons. The lowest BCUT2D eigenvalue weighted by Gasteiger charge is -2.57. The molecule has 2 heteroatoms. The normalized spacial score (nSPS) is 42.2. The van der Waals surface area contributed by atoms with Crippen molar-refractivity contribution in [3.05, 3.63) is 47.8 Å². The van der Waals surface area contributed by atoms with Gasteiger partial charge in [0.25, 0.3) is 0 Å². The van der Waals surface area contributed by atoms with Crippen LogP contribution in [-0.4, -0.2) is 10.8 Å². The van der Waals surface area contributed by atoms with Crippen molar-refractivity contribution in [2.75, 3.05) is 0 Å². The molecule has 2 nitrogen and oxygen atoms in total. The van der Waals surface area contributed by atoms with Crippen LogP contribution in [0.1, 0.15) is 65.7 Å². The van der Waals surface area contributed by atoms with Gasteiger partial charge in [0.1, 0.15) is 5.78 Å². The Morgan fingerprint density at radius 2 is 2.04 bits per heavy atom. The zero-order valence-electron chi connectivity index (χ0n) is 16.9. The molecule has 5 rings (SSSR count). The lowest BCUT2D eigenvalue weighted by molar-refractivity contribution is -0.122. The molecule has 0 aromatic carbocycles. The molecule has 0 aliphatic heterocycles. The maximum Gasteiger partial charge on any atom is 0.136 e. The molecular formula is C24H29NO. The molecule has 0 spiro atoms. The number of Topliss-reactive ketones (excluding diaryl/α,β-unsaturated/α-hetero) is 1. The molecule has 0 amide bonds. The van der Waals surface area contributed by atoms with E-state index in [0.29, 0.717) is 24.3 Å². The van der Waals surface area contributed by atoms with Crippen LogP contribution in [0.15, 0.2) is 42.2 Å². The van der Waals surface area contributed by atoms with Crippen molar-refractivity contribution < 1.29 is 6.17 Å². The van der Waals surface area contributed by atoms with E-state index in [4.69, 9.17) is 1.37 Å². The van der Waals surface area contributed by atoms with Gasteiger partial charge in [-0.2, -0.15) is 0 Å². The number of aromatic nitrogens is 1. The fraction of sp³-hybridized carbons (Fsp3) is 0.583. The molecule has 136 valence electrons. The molecule has 26 heavy (non-hydrogen) atoms. The summed E-state index contributed by atoms with van der Waals surface area (Å²) in [6.07, 6.45) is 14.5. The summed E-state index contributed by atoms with van der Waals surface area (Å²) < 4.78 is 7.67. The number of rotatable bonds is 1. The Balaban J connectivity index is 1.47. The molecule has 1 aromatic heterocycles. The summed E-state index contributed by atoms with van der Waals surface area (Å²) in [5.41, 5.74) is 4.58. The Morgan fingerprint density at radius 1 is 1.15 bits per heavy atom. The summed E-state index contributed by atoms with van der Waals surface area (Å²) in [5, 5.41) is 0. The number of ketones is 1. The standard InChI is InChI=1S/C24H29NO/c1-23-11-9-18(26)14-17(23)5-6-19-21-8-7-20(16-4-3-13-25-15-16)24(21,2)12-10-22(19)23/h3-5,7,13,15,19,21-22H,6,8-12,14H2,1-2H3/t19?,21?,22?,23-,24+/m0/s1/i13D. The fourth-order valence-electron chi connectivity index (χ4n) is 6.97. The lowest BCUT2D eigenvalue weighted by Crippen LogP contribution is -2.49. The van der Waals surface area contributed by atoms with Crippen LogP contribution in [0.3, 0.4) is 0 Å². The second-order valence-electron chi connectivity index (χ2n) is 9.46.